The standard InChI is InChI=1S/C30H41N7O5S/c1-3-4-5-6-7-8-17-43(39,40)36-15-16-37(28-11-12-32-30(34-28)35-14-13-31-21-35)25(20-36)19-29(38)33-23(2)24-9-10-26-27(18-24)42-22-41-26/h9-14,18,21,23,25H,3-8,15-17,19-20,22H2,1-2H3,(H,33,38). The van der Waals surface area contributed by atoms with E-state index < -0.39 is 16.1 Å². The zero-order chi connectivity index (χ0) is 30.2. The van der Waals surface area contributed by atoms with Gasteiger partial charge in [-0.3, -0.25) is 9.36 Å². The third-order valence-corrected chi connectivity index (χ3v) is 9.87. The highest BCUT2D eigenvalue weighted by atomic mass is 32.2. The summed E-state index contributed by atoms with van der Waals surface area (Å²) >= 11 is 0. The molecule has 43 heavy (non-hydrogen) atoms. The zero-order valence-corrected chi connectivity index (χ0v) is 25.7. The lowest BCUT2D eigenvalue weighted by Crippen LogP contribution is -2.56. The van der Waals surface area contributed by atoms with Crippen LogP contribution in [-0.2, 0) is 14.8 Å². The first kappa shape index (κ1) is 30.7. The van der Waals surface area contributed by atoms with Crippen LogP contribution < -0.4 is 19.7 Å². The summed E-state index contributed by atoms with van der Waals surface area (Å²) in [5.74, 6) is 2.36. The third kappa shape index (κ3) is 7.82. The Morgan fingerprint density at radius 1 is 1.07 bits per heavy atom. The molecule has 0 radical (unpaired) electrons. The molecule has 2 atom stereocenters. The number of aromatic nitrogens is 4. The number of piperazine rings is 1. The molecule has 4 heterocycles. The molecule has 3 aromatic rings. The van der Waals surface area contributed by atoms with Crippen molar-refractivity contribution in [2.45, 2.75) is 70.9 Å². The number of imidazole rings is 1. The summed E-state index contributed by atoms with van der Waals surface area (Å²) in [4.78, 5) is 28.6. The van der Waals surface area contributed by atoms with Crippen LogP contribution in [0.1, 0.15) is 70.4 Å². The van der Waals surface area contributed by atoms with Crippen molar-refractivity contribution in [3.63, 3.8) is 0 Å². The Hall–Kier alpha value is -3.71. The largest absolute Gasteiger partial charge is 0.454 e. The van der Waals surface area contributed by atoms with Gasteiger partial charge >= 0.3 is 0 Å². The van der Waals surface area contributed by atoms with Crippen LogP contribution in [0, 0.1) is 0 Å². The van der Waals surface area contributed by atoms with E-state index in [1.165, 1.54) is 6.42 Å². The van der Waals surface area contributed by atoms with Crippen molar-refractivity contribution in [2.75, 3.05) is 37.1 Å². The molecule has 12 nitrogen and oxygen atoms in total. The van der Waals surface area contributed by atoms with Gasteiger partial charge in [0.2, 0.25) is 28.7 Å². The maximum atomic E-state index is 13.4. The van der Waals surface area contributed by atoms with Gasteiger partial charge in [-0.05, 0) is 37.1 Å². The van der Waals surface area contributed by atoms with Crippen molar-refractivity contribution in [2.24, 2.45) is 0 Å². The van der Waals surface area contributed by atoms with Gasteiger partial charge in [0.05, 0.1) is 17.8 Å². The van der Waals surface area contributed by atoms with E-state index in [0.717, 1.165) is 31.2 Å². The minimum Gasteiger partial charge on any atom is -0.454 e. The highest BCUT2D eigenvalue weighted by Crippen LogP contribution is 2.34. The van der Waals surface area contributed by atoms with E-state index >= 15 is 0 Å². The lowest BCUT2D eigenvalue weighted by Gasteiger charge is -2.41. The monoisotopic (exact) mass is 611 g/mol. The maximum absolute atomic E-state index is 13.4. The number of carbonyl (C=O) groups excluding carboxylic acids is 1. The number of ether oxygens (including phenoxy) is 2. The Bertz CT molecular complexity index is 1470. The van der Waals surface area contributed by atoms with E-state index in [4.69, 9.17) is 14.5 Å². The number of nitrogens with one attached hydrogen (secondary N) is 1. The highest BCUT2D eigenvalue weighted by molar-refractivity contribution is 7.89. The number of anilines is 1. The zero-order valence-electron chi connectivity index (χ0n) is 24.9. The van der Waals surface area contributed by atoms with Crippen molar-refractivity contribution >= 4 is 21.7 Å². The van der Waals surface area contributed by atoms with Crippen molar-refractivity contribution in [1.82, 2.24) is 29.1 Å². The number of hydrogen-bond acceptors (Lipinski definition) is 9. The molecule has 2 aliphatic heterocycles. The molecule has 13 heteroatoms. The van der Waals surface area contributed by atoms with E-state index in [9.17, 15) is 13.2 Å². The molecule has 0 spiro atoms. The van der Waals surface area contributed by atoms with E-state index in [2.05, 4.69) is 22.2 Å². The molecular formula is C30H41N7O5S. The predicted molar refractivity (Wildman–Crippen MR) is 163 cm³/mol. The second kappa shape index (κ2) is 14.2. The third-order valence-electron chi connectivity index (χ3n) is 7.95. The summed E-state index contributed by atoms with van der Waals surface area (Å²) in [6.45, 7) is 5.20. The normalized spacial score (nSPS) is 17.6. The number of sulfonamides is 1. The number of fused-ring (bicyclic) bond motifs is 1. The highest BCUT2D eigenvalue weighted by Gasteiger charge is 2.35. The van der Waals surface area contributed by atoms with Gasteiger partial charge in [0, 0.05) is 44.6 Å². The summed E-state index contributed by atoms with van der Waals surface area (Å²) in [5, 5.41) is 3.08. The molecule has 1 N–H and O–H groups in total. The lowest BCUT2D eigenvalue weighted by atomic mass is 10.1. The van der Waals surface area contributed by atoms with Crippen LogP contribution in [-0.4, -0.2) is 76.4 Å². The first-order valence-corrected chi connectivity index (χ1v) is 16.7. The molecule has 2 aromatic heterocycles. The summed E-state index contributed by atoms with van der Waals surface area (Å²) < 4.78 is 40.9. The van der Waals surface area contributed by atoms with Gasteiger partial charge < -0.3 is 19.7 Å². The van der Waals surface area contributed by atoms with E-state index in [1.54, 1.807) is 39.9 Å². The summed E-state index contributed by atoms with van der Waals surface area (Å²) in [7, 11) is -3.46. The summed E-state index contributed by atoms with van der Waals surface area (Å²) in [6, 6.07) is 6.71. The fourth-order valence-corrected chi connectivity index (χ4v) is 7.12. The fourth-order valence-electron chi connectivity index (χ4n) is 5.53. The van der Waals surface area contributed by atoms with Crippen molar-refractivity contribution < 1.29 is 22.7 Å². The van der Waals surface area contributed by atoms with Gasteiger partial charge in [-0.15, -0.1) is 0 Å². The van der Waals surface area contributed by atoms with Crippen LogP contribution in [0.15, 0.2) is 49.2 Å². The molecule has 0 bridgehead atoms. The number of benzene rings is 1. The van der Waals surface area contributed by atoms with Gasteiger partial charge in [-0.2, -0.15) is 9.29 Å². The fraction of sp³-hybridized carbons (Fsp3) is 0.533. The van der Waals surface area contributed by atoms with Crippen LogP contribution in [0.4, 0.5) is 5.82 Å². The smallest absolute Gasteiger partial charge is 0.236 e. The van der Waals surface area contributed by atoms with Crippen LogP contribution >= 0.6 is 0 Å². The minimum absolute atomic E-state index is 0.0995. The number of amides is 1. The molecule has 0 aliphatic carbocycles. The SMILES string of the molecule is CCCCCCCCS(=O)(=O)N1CCN(c2ccnc(-n3ccnc3)n2)C(CC(=O)NC(C)c2ccc3c(c2)OCO3)C1. The van der Waals surface area contributed by atoms with Crippen LogP contribution in [0.5, 0.6) is 11.5 Å². The molecule has 2 aliphatic rings. The molecule has 0 saturated carbocycles. The predicted octanol–water partition coefficient (Wildman–Crippen LogP) is 3.84. The average Bonchev–Trinajstić information content (AvgIpc) is 3.71. The van der Waals surface area contributed by atoms with Crippen molar-refractivity contribution in [3.05, 3.63) is 54.7 Å². The van der Waals surface area contributed by atoms with Gasteiger partial charge in [0.15, 0.2) is 11.5 Å². The number of carbonyl (C=O) groups is 1. The maximum Gasteiger partial charge on any atom is 0.236 e. The molecule has 1 amide bonds. The van der Waals surface area contributed by atoms with Crippen LogP contribution in [0.25, 0.3) is 5.95 Å². The minimum atomic E-state index is -3.46. The second-order valence-corrected chi connectivity index (χ2v) is 13.2. The van der Waals surface area contributed by atoms with E-state index in [0.29, 0.717) is 42.8 Å². The Kier molecular flexibility index (Phi) is 10.1. The van der Waals surface area contributed by atoms with Gasteiger partial charge in [0.1, 0.15) is 12.1 Å². The molecule has 1 saturated heterocycles. The topological polar surface area (TPSA) is 132 Å². The number of hydrogen-bond donors (Lipinski definition) is 1. The first-order valence-electron chi connectivity index (χ1n) is 15.1. The Morgan fingerprint density at radius 2 is 1.88 bits per heavy atom. The Morgan fingerprint density at radius 3 is 2.70 bits per heavy atom. The summed E-state index contributed by atoms with van der Waals surface area (Å²) in [5.41, 5.74) is 0.891. The molecule has 5 rings (SSSR count). The molecule has 2 unspecified atom stereocenters. The van der Waals surface area contributed by atoms with Crippen molar-refractivity contribution in [3.8, 4) is 17.4 Å². The van der Waals surface area contributed by atoms with Crippen molar-refractivity contribution in [1.29, 1.82) is 0 Å². The summed E-state index contributed by atoms with van der Waals surface area (Å²) in [6.07, 6.45) is 12.9. The Labute approximate surface area is 253 Å². The van der Waals surface area contributed by atoms with Gasteiger partial charge in [-0.1, -0.05) is 45.1 Å². The van der Waals surface area contributed by atoms with Crippen LogP contribution in [0.2, 0.25) is 0 Å². The molecule has 1 aromatic carbocycles. The van der Waals surface area contributed by atoms with Gasteiger partial charge in [0.25, 0.3) is 0 Å². The average molecular weight is 612 g/mol. The van der Waals surface area contributed by atoms with E-state index in [1.807, 2.05) is 30.0 Å². The number of nitrogens with zero attached hydrogens (tertiary/aromatic N) is 6. The molecular weight excluding hydrogens is 570 g/mol. The molecule has 1 fully saturated rings. The molecule has 232 valence electrons. The lowest BCUT2D eigenvalue weighted by molar-refractivity contribution is -0.122. The Balaban J connectivity index is 1.29. The first-order chi connectivity index (χ1) is 20.8. The van der Waals surface area contributed by atoms with Gasteiger partial charge in [-0.25, -0.2) is 18.4 Å². The van der Waals surface area contributed by atoms with Crippen LogP contribution in [0.3, 0.4) is 0 Å². The number of unbranched alkanes of at least 4 members (excludes halogenated alkanes) is 5. The van der Waals surface area contributed by atoms with E-state index in [-0.39, 0.29) is 37.5 Å². The quantitative estimate of drug-likeness (QED) is 0.270. The number of rotatable bonds is 14. The second-order valence-electron chi connectivity index (χ2n) is 11.1.